The largest absolute Gasteiger partial charge is 0.411 e. The van der Waals surface area contributed by atoms with E-state index in [9.17, 15) is 18.0 Å². The van der Waals surface area contributed by atoms with Crippen LogP contribution in [0.1, 0.15) is 15.9 Å². The number of nitrogens with one attached hydrogen (secondary N) is 1. The van der Waals surface area contributed by atoms with Crippen molar-refractivity contribution >= 4 is 16.7 Å². The van der Waals surface area contributed by atoms with Gasteiger partial charge in [0.15, 0.2) is 5.78 Å². The fourth-order valence-electron chi connectivity index (χ4n) is 1.81. The molecule has 0 aliphatic rings. The molecule has 2 aromatic rings. The summed E-state index contributed by atoms with van der Waals surface area (Å²) in [7, 11) is 0. The highest BCUT2D eigenvalue weighted by molar-refractivity contribution is 6.08. The van der Waals surface area contributed by atoms with Crippen molar-refractivity contribution in [3.63, 3.8) is 0 Å². The number of hydrogen-bond donors (Lipinski definition) is 1. The lowest BCUT2D eigenvalue weighted by molar-refractivity contribution is -0.170. The molecular formula is C13H12F3NO2. The Kier molecular flexibility index (Phi) is 3.61. The predicted molar refractivity (Wildman–Crippen MR) is 64.2 cm³/mol. The molecule has 19 heavy (non-hydrogen) atoms. The Morgan fingerprint density at radius 1 is 1.37 bits per heavy atom. The van der Waals surface area contributed by atoms with Crippen LogP contribution in [0.5, 0.6) is 0 Å². The molecule has 0 radical (unpaired) electrons. The topological polar surface area (TPSA) is 42.1 Å². The molecule has 0 unspecified atom stereocenters. The third kappa shape index (κ3) is 3.35. The highest BCUT2D eigenvalue weighted by Crippen LogP contribution is 2.20. The fourth-order valence-corrected chi connectivity index (χ4v) is 1.81. The van der Waals surface area contributed by atoms with Crippen molar-refractivity contribution in [1.82, 2.24) is 4.98 Å². The molecular weight excluding hydrogens is 259 g/mol. The number of ether oxygens (including phenoxy) is 1. The number of hydrogen-bond acceptors (Lipinski definition) is 2. The monoisotopic (exact) mass is 271 g/mol. The summed E-state index contributed by atoms with van der Waals surface area (Å²) in [6.45, 7) is -0.0885. The van der Waals surface area contributed by atoms with Crippen LogP contribution in [0.3, 0.4) is 0 Å². The molecule has 2 rings (SSSR count). The van der Waals surface area contributed by atoms with Gasteiger partial charge >= 0.3 is 6.18 Å². The van der Waals surface area contributed by atoms with Crippen molar-refractivity contribution in [1.29, 1.82) is 0 Å². The number of carbonyl (C=O) groups is 1. The third-order valence-corrected chi connectivity index (χ3v) is 2.64. The average molecular weight is 271 g/mol. The molecule has 1 heterocycles. The Hall–Kier alpha value is -1.82. The van der Waals surface area contributed by atoms with Crippen LogP contribution in [-0.4, -0.2) is 30.2 Å². The summed E-state index contributed by atoms with van der Waals surface area (Å²) in [5.41, 5.74) is 2.15. The van der Waals surface area contributed by atoms with E-state index in [1.807, 2.05) is 19.1 Å². The molecule has 0 saturated heterocycles. The van der Waals surface area contributed by atoms with Gasteiger partial charge in [-0.25, -0.2) is 0 Å². The van der Waals surface area contributed by atoms with Crippen molar-refractivity contribution < 1.29 is 22.7 Å². The van der Waals surface area contributed by atoms with Gasteiger partial charge in [0.1, 0.15) is 13.2 Å². The maximum absolute atomic E-state index is 11.9. The number of H-pyrrole nitrogens is 1. The van der Waals surface area contributed by atoms with Crippen LogP contribution in [0.2, 0.25) is 0 Å². The molecule has 1 aromatic carbocycles. The SMILES string of the molecule is Cc1ccc2c(C(=O)COCC(F)(F)F)c[nH]c2c1. The zero-order valence-electron chi connectivity index (χ0n) is 10.2. The lowest BCUT2D eigenvalue weighted by atomic mass is 10.1. The van der Waals surface area contributed by atoms with Crippen LogP contribution in [0.25, 0.3) is 10.9 Å². The number of benzene rings is 1. The van der Waals surface area contributed by atoms with E-state index < -0.39 is 25.2 Å². The molecule has 0 atom stereocenters. The van der Waals surface area contributed by atoms with Gasteiger partial charge in [-0.2, -0.15) is 13.2 Å². The van der Waals surface area contributed by atoms with E-state index in [0.717, 1.165) is 11.1 Å². The molecule has 1 N–H and O–H groups in total. The van der Waals surface area contributed by atoms with E-state index in [0.29, 0.717) is 10.9 Å². The Balaban J connectivity index is 2.09. The van der Waals surface area contributed by atoms with Gasteiger partial charge < -0.3 is 9.72 Å². The number of ketones is 1. The summed E-state index contributed by atoms with van der Waals surface area (Å²) >= 11 is 0. The number of Topliss-reactive ketones (excluding diaryl/α,β-unsaturated/α-hetero) is 1. The number of aryl methyl sites for hydroxylation is 1. The first kappa shape index (κ1) is 13.6. The minimum Gasteiger partial charge on any atom is -0.364 e. The van der Waals surface area contributed by atoms with Crippen LogP contribution in [-0.2, 0) is 4.74 Å². The van der Waals surface area contributed by atoms with Gasteiger partial charge in [-0.15, -0.1) is 0 Å². The van der Waals surface area contributed by atoms with Gasteiger partial charge in [0.2, 0.25) is 0 Å². The van der Waals surface area contributed by atoms with Crippen LogP contribution in [0, 0.1) is 6.92 Å². The second kappa shape index (κ2) is 5.05. The number of aromatic amines is 1. The van der Waals surface area contributed by atoms with Gasteiger partial charge in [0, 0.05) is 22.7 Å². The van der Waals surface area contributed by atoms with E-state index in [1.165, 1.54) is 6.20 Å². The van der Waals surface area contributed by atoms with Crippen LogP contribution < -0.4 is 0 Å². The zero-order valence-corrected chi connectivity index (χ0v) is 10.2. The van der Waals surface area contributed by atoms with Crippen molar-refractivity contribution in [3.05, 3.63) is 35.5 Å². The zero-order chi connectivity index (χ0) is 14.0. The maximum atomic E-state index is 11.9. The molecule has 102 valence electrons. The second-order valence-electron chi connectivity index (χ2n) is 4.28. The predicted octanol–water partition coefficient (Wildman–Crippen LogP) is 3.24. The van der Waals surface area contributed by atoms with Crippen LogP contribution in [0.15, 0.2) is 24.4 Å². The quantitative estimate of drug-likeness (QED) is 0.867. The summed E-state index contributed by atoms with van der Waals surface area (Å²) in [6.07, 6.45) is -2.93. The first-order chi connectivity index (χ1) is 8.87. The first-order valence-electron chi connectivity index (χ1n) is 5.62. The number of aromatic nitrogens is 1. The molecule has 0 saturated carbocycles. The summed E-state index contributed by atoms with van der Waals surface area (Å²) in [5, 5.41) is 0.686. The van der Waals surface area contributed by atoms with Gasteiger partial charge in [-0.1, -0.05) is 12.1 Å². The summed E-state index contributed by atoms with van der Waals surface area (Å²) in [5.74, 6) is -0.473. The third-order valence-electron chi connectivity index (χ3n) is 2.64. The summed E-state index contributed by atoms with van der Waals surface area (Å²) < 4.78 is 40.1. The van der Waals surface area contributed by atoms with Crippen molar-refractivity contribution in [3.8, 4) is 0 Å². The molecule has 0 bridgehead atoms. The van der Waals surface area contributed by atoms with Crippen molar-refractivity contribution in [2.75, 3.05) is 13.2 Å². The van der Waals surface area contributed by atoms with E-state index in [4.69, 9.17) is 0 Å². The molecule has 0 amide bonds. The molecule has 1 aromatic heterocycles. The Bertz CT molecular complexity index is 601. The molecule has 6 heteroatoms. The normalized spacial score (nSPS) is 12.0. The van der Waals surface area contributed by atoms with Gasteiger partial charge in [0.25, 0.3) is 0 Å². The number of carbonyl (C=O) groups excluding carboxylic acids is 1. The lowest BCUT2D eigenvalue weighted by Gasteiger charge is -2.06. The van der Waals surface area contributed by atoms with Gasteiger partial charge in [-0.05, 0) is 18.6 Å². The molecule has 0 fully saturated rings. The summed E-state index contributed by atoms with van der Waals surface area (Å²) in [6, 6.07) is 5.46. The second-order valence-corrected chi connectivity index (χ2v) is 4.28. The van der Waals surface area contributed by atoms with Crippen molar-refractivity contribution in [2.45, 2.75) is 13.1 Å². The highest BCUT2D eigenvalue weighted by Gasteiger charge is 2.28. The van der Waals surface area contributed by atoms with Gasteiger partial charge in [-0.3, -0.25) is 4.79 Å². The Morgan fingerprint density at radius 2 is 2.11 bits per heavy atom. The fraction of sp³-hybridized carbons (Fsp3) is 0.308. The van der Waals surface area contributed by atoms with E-state index in [-0.39, 0.29) is 0 Å². The maximum Gasteiger partial charge on any atom is 0.411 e. The van der Waals surface area contributed by atoms with E-state index in [2.05, 4.69) is 9.72 Å². The first-order valence-corrected chi connectivity index (χ1v) is 5.62. The van der Waals surface area contributed by atoms with Crippen LogP contribution >= 0.6 is 0 Å². The smallest absolute Gasteiger partial charge is 0.364 e. The average Bonchev–Trinajstić information content (AvgIpc) is 2.69. The Labute approximate surface area is 107 Å². The van der Waals surface area contributed by atoms with Gasteiger partial charge in [0.05, 0.1) is 0 Å². The highest BCUT2D eigenvalue weighted by atomic mass is 19.4. The number of alkyl halides is 3. The van der Waals surface area contributed by atoms with E-state index in [1.54, 1.807) is 6.07 Å². The van der Waals surface area contributed by atoms with Crippen LogP contribution in [0.4, 0.5) is 13.2 Å². The molecule has 0 spiro atoms. The Morgan fingerprint density at radius 3 is 2.79 bits per heavy atom. The molecule has 3 nitrogen and oxygen atoms in total. The minimum absolute atomic E-state index is 0.345. The molecule has 0 aliphatic heterocycles. The minimum atomic E-state index is -4.42. The van der Waals surface area contributed by atoms with Crippen molar-refractivity contribution in [2.24, 2.45) is 0 Å². The number of fused-ring (bicyclic) bond motifs is 1. The number of halogens is 3. The standard InChI is InChI=1S/C13H12F3NO2/c1-8-2-3-9-10(5-17-11(9)4-8)12(18)6-19-7-13(14,15)16/h2-5,17H,6-7H2,1H3. The molecule has 0 aliphatic carbocycles. The van der Waals surface area contributed by atoms with E-state index >= 15 is 0 Å². The summed E-state index contributed by atoms with van der Waals surface area (Å²) in [4.78, 5) is 14.7. The lowest BCUT2D eigenvalue weighted by Crippen LogP contribution is -2.20. The number of rotatable bonds is 4.